The number of pyridine rings is 1. The second-order valence-electron chi connectivity index (χ2n) is 4.70. The molecule has 0 spiro atoms. The first kappa shape index (κ1) is 13.8. The van der Waals surface area contributed by atoms with Gasteiger partial charge in [-0.3, -0.25) is 0 Å². The number of nitriles is 1. The Kier molecular flexibility index (Phi) is 3.47. The number of hydrogen-bond acceptors (Lipinski definition) is 4. The number of aliphatic hydroxyl groups is 1. The standard InChI is InChI=1S/C12H11BrFN3O2/c1-12(2,18)6-19-7-3-9(13)10-8(4-15)11(14)16-17(10)5-7/h3,5,18H,6H2,1-2H3. The van der Waals surface area contributed by atoms with Crippen LogP contribution in [0.3, 0.4) is 0 Å². The Morgan fingerprint density at radius 1 is 1.63 bits per heavy atom. The fourth-order valence-corrected chi connectivity index (χ4v) is 2.12. The summed E-state index contributed by atoms with van der Waals surface area (Å²) in [7, 11) is 0. The maximum Gasteiger partial charge on any atom is 0.251 e. The van der Waals surface area contributed by atoms with Gasteiger partial charge in [-0.1, -0.05) is 0 Å². The smallest absolute Gasteiger partial charge is 0.251 e. The summed E-state index contributed by atoms with van der Waals surface area (Å²) in [6.45, 7) is 3.31. The second kappa shape index (κ2) is 4.79. The number of fused-ring (bicyclic) bond motifs is 1. The number of rotatable bonds is 3. The summed E-state index contributed by atoms with van der Waals surface area (Å²) in [5.41, 5.74) is -0.759. The van der Waals surface area contributed by atoms with Gasteiger partial charge in [0.15, 0.2) is 0 Å². The summed E-state index contributed by atoms with van der Waals surface area (Å²) in [5.74, 6) is -0.420. The van der Waals surface area contributed by atoms with E-state index in [1.807, 2.05) is 0 Å². The maximum atomic E-state index is 13.4. The van der Waals surface area contributed by atoms with Crippen molar-refractivity contribution >= 4 is 21.4 Å². The van der Waals surface area contributed by atoms with Crippen LogP contribution in [0, 0.1) is 17.3 Å². The van der Waals surface area contributed by atoms with Crippen molar-refractivity contribution in [2.75, 3.05) is 6.61 Å². The van der Waals surface area contributed by atoms with Crippen molar-refractivity contribution in [1.29, 1.82) is 5.26 Å². The number of nitrogens with zero attached hydrogens (tertiary/aromatic N) is 3. The van der Waals surface area contributed by atoms with Gasteiger partial charge in [-0.05, 0) is 35.8 Å². The summed E-state index contributed by atoms with van der Waals surface area (Å²) >= 11 is 3.25. The average Bonchev–Trinajstić information content (AvgIpc) is 2.61. The van der Waals surface area contributed by atoms with E-state index >= 15 is 0 Å². The molecule has 5 nitrogen and oxygen atoms in total. The monoisotopic (exact) mass is 327 g/mol. The first-order valence-electron chi connectivity index (χ1n) is 5.44. The normalized spacial score (nSPS) is 11.6. The SMILES string of the molecule is CC(C)(O)COc1cc(Br)c2c(C#N)c(F)nn2c1. The van der Waals surface area contributed by atoms with Crippen LogP contribution < -0.4 is 4.74 Å². The van der Waals surface area contributed by atoms with E-state index in [4.69, 9.17) is 10.00 Å². The highest BCUT2D eigenvalue weighted by Gasteiger charge is 2.18. The molecule has 0 amide bonds. The molecule has 19 heavy (non-hydrogen) atoms. The van der Waals surface area contributed by atoms with E-state index < -0.39 is 11.5 Å². The minimum Gasteiger partial charge on any atom is -0.489 e. The lowest BCUT2D eigenvalue weighted by atomic mass is 10.2. The molecule has 2 heterocycles. The third-order valence-electron chi connectivity index (χ3n) is 2.32. The van der Waals surface area contributed by atoms with Gasteiger partial charge in [0, 0.05) is 4.47 Å². The Morgan fingerprint density at radius 3 is 2.89 bits per heavy atom. The van der Waals surface area contributed by atoms with Gasteiger partial charge in [0.25, 0.3) is 5.95 Å². The Labute approximate surface area is 117 Å². The summed E-state index contributed by atoms with van der Waals surface area (Å²) in [4.78, 5) is 0. The highest BCUT2D eigenvalue weighted by Crippen LogP contribution is 2.27. The van der Waals surface area contributed by atoms with Gasteiger partial charge in [-0.2, -0.15) is 9.65 Å². The predicted molar refractivity (Wildman–Crippen MR) is 69.4 cm³/mol. The largest absolute Gasteiger partial charge is 0.489 e. The molecule has 0 atom stereocenters. The van der Waals surface area contributed by atoms with E-state index in [1.54, 1.807) is 26.0 Å². The topological polar surface area (TPSA) is 70.5 Å². The van der Waals surface area contributed by atoms with Crippen LogP contribution in [-0.2, 0) is 0 Å². The number of ether oxygens (including phenoxy) is 1. The van der Waals surface area contributed by atoms with E-state index in [1.165, 1.54) is 10.7 Å². The molecule has 100 valence electrons. The molecule has 2 aromatic rings. The maximum absolute atomic E-state index is 13.4. The minimum atomic E-state index is -0.978. The second-order valence-corrected chi connectivity index (χ2v) is 5.55. The zero-order chi connectivity index (χ0) is 14.2. The highest BCUT2D eigenvalue weighted by molar-refractivity contribution is 9.10. The molecule has 2 aromatic heterocycles. The summed E-state index contributed by atoms with van der Waals surface area (Å²) in [6, 6.07) is 3.37. The molecule has 0 bridgehead atoms. The molecule has 0 saturated carbocycles. The number of hydrogen-bond donors (Lipinski definition) is 1. The van der Waals surface area contributed by atoms with Crippen molar-refractivity contribution in [3.05, 3.63) is 28.2 Å². The molecule has 0 aliphatic heterocycles. The van der Waals surface area contributed by atoms with Gasteiger partial charge in [0.05, 0.1) is 11.8 Å². The molecule has 7 heteroatoms. The minimum absolute atomic E-state index is 0.0831. The lowest BCUT2D eigenvalue weighted by molar-refractivity contribution is 0.0283. The van der Waals surface area contributed by atoms with E-state index in [0.717, 1.165) is 0 Å². The van der Waals surface area contributed by atoms with E-state index in [2.05, 4.69) is 21.0 Å². The van der Waals surface area contributed by atoms with Gasteiger partial charge in [0.2, 0.25) is 0 Å². The fraction of sp³-hybridized carbons (Fsp3) is 0.333. The van der Waals surface area contributed by atoms with Crippen LogP contribution in [0.15, 0.2) is 16.7 Å². The van der Waals surface area contributed by atoms with Crippen molar-refractivity contribution in [2.24, 2.45) is 0 Å². The van der Waals surface area contributed by atoms with Crippen LogP contribution in [0.1, 0.15) is 19.4 Å². The van der Waals surface area contributed by atoms with Crippen LogP contribution in [0.5, 0.6) is 5.75 Å². The first-order valence-corrected chi connectivity index (χ1v) is 6.24. The van der Waals surface area contributed by atoms with Gasteiger partial charge >= 0.3 is 0 Å². The van der Waals surface area contributed by atoms with Crippen molar-refractivity contribution in [1.82, 2.24) is 9.61 Å². The van der Waals surface area contributed by atoms with Crippen molar-refractivity contribution in [3.63, 3.8) is 0 Å². The van der Waals surface area contributed by atoms with E-state index in [-0.39, 0.29) is 12.2 Å². The molecule has 0 saturated heterocycles. The van der Waals surface area contributed by atoms with Crippen LogP contribution in [-0.4, -0.2) is 26.9 Å². The molecular formula is C12H11BrFN3O2. The Hall–Kier alpha value is -1.65. The molecule has 0 aliphatic carbocycles. The van der Waals surface area contributed by atoms with Gasteiger partial charge in [-0.15, -0.1) is 5.10 Å². The van der Waals surface area contributed by atoms with Crippen LogP contribution in [0.25, 0.3) is 5.52 Å². The number of aromatic nitrogens is 2. The average molecular weight is 328 g/mol. The number of halogens is 2. The lowest BCUT2D eigenvalue weighted by Crippen LogP contribution is -2.27. The zero-order valence-electron chi connectivity index (χ0n) is 10.3. The molecule has 0 fully saturated rings. The molecule has 0 aromatic carbocycles. The molecule has 1 N–H and O–H groups in total. The zero-order valence-corrected chi connectivity index (χ0v) is 11.9. The van der Waals surface area contributed by atoms with E-state index in [0.29, 0.717) is 15.7 Å². The van der Waals surface area contributed by atoms with Crippen molar-refractivity contribution in [3.8, 4) is 11.8 Å². The molecule has 2 rings (SSSR count). The van der Waals surface area contributed by atoms with Crippen molar-refractivity contribution in [2.45, 2.75) is 19.4 Å². The molecular weight excluding hydrogens is 317 g/mol. The Morgan fingerprint density at radius 2 is 2.32 bits per heavy atom. The molecule has 0 radical (unpaired) electrons. The summed E-state index contributed by atoms with van der Waals surface area (Å²) in [6.07, 6.45) is 1.45. The third-order valence-corrected chi connectivity index (χ3v) is 2.92. The van der Waals surface area contributed by atoms with E-state index in [9.17, 15) is 9.50 Å². The third kappa shape index (κ3) is 2.85. The van der Waals surface area contributed by atoms with Crippen molar-refractivity contribution < 1.29 is 14.2 Å². The van der Waals surface area contributed by atoms with Gasteiger partial charge in [0.1, 0.15) is 29.5 Å². The van der Waals surface area contributed by atoms with Gasteiger partial charge in [-0.25, -0.2) is 4.52 Å². The van der Waals surface area contributed by atoms with Gasteiger partial charge < -0.3 is 9.84 Å². The predicted octanol–water partition coefficient (Wildman–Crippen LogP) is 2.26. The fourth-order valence-electron chi connectivity index (χ4n) is 1.52. The van der Waals surface area contributed by atoms with Crippen LogP contribution in [0.2, 0.25) is 0 Å². The summed E-state index contributed by atoms with van der Waals surface area (Å²) in [5, 5.41) is 22.1. The Balaban J connectivity index is 2.43. The lowest BCUT2D eigenvalue weighted by Gasteiger charge is -2.17. The van der Waals surface area contributed by atoms with Crippen LogP contribution >= 0.6 is 15.9 Å². The first-order chi connectivity index (χ1) is 8.81. The molecule has 0 aliphatic rings. The van der Waals surface area contributed by atoms with Crippen LogP contribution in [0.4, 0.5) is 4.39 Å². The molecule has 0 unspecified atom stereocenters. The quantitative estimate of drug-likeness (QED) is 0.938. The summed E-state index contributed by atoms with van der Waals surface area (Å²) < 4.78 is 20.6. The Bertz CT molecular complexity index is 670. The highest BCUT2D eigenvalue weighted by atomic mass is 79.9.